The van der Waals surface area contributed by atoms with Gasteiger partial charge in [-0.1, -0.05) is 13.8 Å². The standard InChI is InChI=1S/C15H24N2O2/c1-15(2,12-6-4-8-16-10-12)14(18)17(3)11-13-7-5-9-19-13/h5,7,9,12,16H,4,6,8,10-11H2,1-3H3. The number of carbonyl (C=O) groups excluding carboxylic acids is 1. The summed E-state index contributed by atoms with van der Waals surface area (Å²) in [6.45, 7) is 6.67. The van der Waals surface area contributed by atoms with Gasteiger partial charge in [-0.05, 0) is 44.0 Å². The van der Waals surface area contributed by atoms with Crippen LogP contribution in [0.4, 0.5) is 0 Å². The summed E-state index contributed by atoms with van der Waals surface area (Å²) < 4.78 is 5.31. The van der Waals surface area contributed by atoms with Crippen LogP contribution in [0.1, 0.15) is 32.4 Å². The van der Waals surface area contributed by atoms with Gasteiger partial charge in [0.05, 0.1) is 12.8 Å². The number of piperidine rings is 1. The molecule has 106 valence electrons. The first-order valence-electron chi connectivity index (χ1n) is 7.00. The fourth-order valence-electron chi connectivity index (χ4n) is 2.84. The highest BCUT2D eigenvalue weighted by Crippen LogP contribution is 2.33. The SMILES string of the molecule is CN(Cc1ccco1)C(=O)C(C)(C)C1CCCNC1. The molecule has 1 fully saturated rings. The maximum atomic E-state index is 12.6. The van der Waals surface area contributed by atoms with Crippen molar-refractivity contribution < 1.29 is 9.21 Å². The van der Waals surface area contributed by atoms with Gasteiger partial charge in [0.25, 0.3) is 0 Å². The van der Waals surface area contributed by atoms with Gasteiger partial charge in [-0.2, -0.15) is 0 Å². The molecule has 2 rings (SSSR count). The number of nitrogens with one attached hydrogen (secondary N) is 1. The summed E-state index contributed by atoms with van der Waals surface area (Å²) in [6, 6.07) is 3.75. The smallest absolute Gasteiger partial charge is 0.228 e. The Kier molecular flexibility index (Phi) is 4.30. The molecule has 1 unspecified atom stereocenters. The Morgan fingerprint density at radius 3 is 2.95 bits per heavy atom. The van der Waals surface area contributed by atoms with Gasteiger partial charge in [0.2, 0.25) is 5.91 Å². The summed E-state index contributed by atoms with van der Waals surface area (Å²) in [6.07, 6.45) is 3.92. The largest absolute Gasteiger partial charge is 0.467 e. The van der Waals surface area contributed by atoms with Gasteiger partial charge in [0.15, 0.2) is 0 Å². The Morgan fingerprint density at radius 1 is 1.58 bits per heavy atom. The number of hydrogen-bond donors (Lipinski definition) is 1. The first-order chi connectivity index (χ1) is 9.01. The van der Waals surface area contributed by atoms with Crippen LogP contribution in [0.15, 0.2) is 22.8 Å². The van der Waals surface area contributed by atoms with Crippen molar-refractivity contribution in [3.05, 3.63) is 24.2 Å². The lowest BCUT2D eigenvalue weighted by Crippen LogP contribution is -2.47. The Labute approximate surface area is 115 Å². The molecular formula is C15H24N2O2. The molecule has 1 saturated heterocycles. The summed E-state index contributed by atoms with van der Waals surface area (Å²) in [5.74, 6) is 1.43. The van der Waals surface area contributed by atoms with Crippen molar-refractivity contribution in [2.45, 2.75) is 33.2 Å². The molecular weight excluding hydrogens is 240 g/mol. The van der Waals surface area contributed by atoms with E-state index in [1.165, 1.54) is 0 Å². The van der Waals surface area contributed by atoms with Gasteiger partial charge >= 0.3 is 0 Å². The van der Waals surface area contributed by atoms with Crippen molar-refractivity contribution in [3.8, 4) is 0 Å². The minimum Gasteiger partial charge on any atom is -0.467 e. The van der Waals surface area contributed by atoms with Gasteiger partial charge in [0.1, 0.15) is 5.76 Å². The first-order valence-corrected chi connectivity index (χ1v) is 7.00. The minimum atomic E-state index is -0.325. The molecule has 1 amide bonds. The van der Waals surface area contributed by atoms with Crippen molar-refractivity contribution in [1.82, 2.24) is 10.2 Å². The molecule has 4 nitrogen and oxygen atoms in total. The van der Waals surface area contributed by atoms with Crippen LogP contribution in [-0.2, 0) is 11.3 Å². The minimum absolute atomic E-state index is 0.192. The Morgan fingerprint density at radius 2 is 2.37 bits per heavy atom. The summed E-state index contributed by atoms with van der Waals surface area (Å²) >= 11 is 0. The second-order valence-corrected chi connectivity index (χ2v) is 6.01. The van der Waals surface area contributed by atoms with Gasteiger partial charge in [-0.3, -0.25) is 4.79 Å². The highest BCUT2D eigenvalue weighted by Gasteiger charge is 2.39. The Balaban J connectivity index is 2.00. The zero-order valence-corrected chi connectivity index (χ0v) is 12.1. The lowest BCUT2D eigenvalue weighted by molar-refractivity contribution is -0.143. The van der Waals surface area contributed by atoms with Gasteiger partial charge in [-0.15, -0.1) is 0 Å². The molecule has 0 saturated carbocycles. The molecule has 0 spiro atoms. The average Bonchev–Trinajstić information content (AvgIpc) is 2.91. The lowest BCUT2D eigenvalue weighted by Gasteiger charge is -2.38. The zero-order valence-electron chi connectivity index (χ0n) is 12.1. The summed E-state index contributed by atoms with van der Waals surface area (Å²) in [7, 11) is 1.85. The van der Waals surface area contributed by atoms with E-state index in [9.17, 15) is 4.79 Å². The van der Waals surface area contributed by atoms with Gasteiger partial charge < -0.3 is 14.6 Å². The van der Waals surface area contributed by atoms with E-state index in [0.29, 0.717) is 12.5 Å². The highest BCUT2D eigenvalue weighted by molar-refractivity contribution is 5.82. The molecule has 1 N–H and O–H groups in total. The van der Waals surface area contributed by atoms with Crippen molar-refractivity contribution in [2.75, 3.05) is 20.1 Å². The molecule has 0 aliphatic carbocycles. The molecule has 1 atom stereocenters. The number of nitrogens with zero attached hydrogens (tertiary/aromatic N) is 1. The third-order valence-electron chi connectivity index (χ3n) is 4.19. The number of furan rings is 1. The topological polar surface area (TPSA) is 45.5 Å². The molecule has 1 aromatic rings. The lowest BCUT2D eigenvalue weighted by atomic mass is 9.74. The van der Waals surface area contributed by atoms with Crippen LogP contribution in [0.25, 0.3) is 0 Å². The fraction of sp³-hybridized carbons (Fsp3) is 0.667. The highest BCUT2D eigenvalue weighted by atomic mass is 16.3. The van der Waals surface area contributed by atoms with Crippen molar-refractivity contribution in [1.29, 1.82) is 0 Å². The van der Waals surface area contributed by atoms with Crippen LogP contribution < -0.4 is 5.32 Å². The quantitative estimate of drug-likeness (QED) is 0.907. The van der Waals surface area contributed by atoms with Crippen LogP contribution in [0.3, 0.4) is 0 Å². The van der Waals surface area contributed by atoms with E-state index >= 15 is 0 Å². The molecule has 1 aromatic heterocycles. The van der Waals surface area contributed by atoms with Crippen LogP contribution >= 0.6 is 0 Å². The monoisotopic (exact) mass is 264 g/mol. The number of rotatable bonds is 4. The second kappa shape index (κ2) is 5.78. The molecule has 0 aromatic carbocycles. The summed E-state index contributed by atoms with van der Waals surface area (Å²) in [4.78, 5) is 14.4. The molecule has 4 heteroatoms. The van der Waals surface area contributed by atoms with E-state index in [4.69, 9.17) is 4.42 Å². The van der Waals surface area contributed by atoms with Gasteiger partial charge in [-0.25, -0.2) is 0 Å². The normalized spacial score (nSPS) is 20.3. The Bertz CT molecular complexity index is 406. The molecule has 1 aliphatic heterocycles. The zero-order chi connectivity index (χ0) is 13.9. The van der Waals surface area contributed by atoms with Crippen molar-refractivity contribution in [3.63, 3.8) is 0 Å². The molecule has 19 heavy (non-hydrogen) atoms. The molecule has 2 heterocycles. The Hall–Kier alpha value is -1.29. The third kappa shape index (κ3) is 3.18. The van der Waals surface area contributed by atoms with E-state index in [1.807, 2.05) is 19.2 Å². The summed E-state index contributed by atoms with van der Waals surface area (Å²) in [5.41, 5.74) is -0.325. The third-order valence-corrected chi connectivity index (χ3v) is 4.19. The predicted molar refractivity (Wildman–Crippen MR) is 74.6 cm³/mol. The maximum Gasteiger partial charge on any atom is 0.228 e. The first kappa shape index (κ1) is 14.1. The van der Waals surface area contributed by atoms with Crippen LogP contribution in [-0.4, -0.2) is 30.9 Å². The number of carbonyl (C=O) groups is 1. The fourth-order valence-corrected chi connectivity index (χ4v) is 2.84. The molecule has 1 aliphatic rings. The van der Waals surface area contributed by atoms with E-state index in [0.717, 1.165) is 31.7 Å². The summed E-state index contributed by atoms with van der Waals surface area (Å²) in [5, 5.41) is 3.39. The average molecular weight is 264 g/mol. The predicted octanol–water partition coefficient (Wildman–Crippen LogP) is 2.26. The van der Waals surface area contributed by atoms with Crippen LogP contribution in [0.5, 0.6) is 0 Å². The van der Waals surface area contributed by atoms with Crippen molar-refractivity contribution >= 4 is 5.91 Å². The molecule has 0 radical (unpaired) electrons. The van der Waals surface area contributed by atoms with E-state index < -0.39 is 0 Å². The van der Waals surface area contributed by atoms with E-state index in [-0.39, 0.29) is 11.3 Å². The number of amides is 1. The maximum absolute atomic E-state index is 12.6. The van der Waals surface area contributed by atoms with Gasteiger partial charge in [0, 0.05) is 12.5 Å². The van der Waals surface area contributed by atoms with Crippen molar-refractivity contribution in [2.24, 2.45) is 11.3 Å². The van der Waals surface area contributed by atoms with Crippen LogP contribution in [0, 0.1) is 11.3 Å². The second-order valence-electron chi connectivity index (χ2n) is 6.01. The number of hydrogen-bond acceptors (Lipinski definition) is 3. The molecule has 0 bridgehead atoms. The van der Waals surface area contributed by atoms with Crippen LogP contribution in [0.2, 0.25) is 0 Å². The van der Waals surface area contributed by atoms with E-state index in [1.54, 1.807) is 11.2 Å². The van der Waals surface area contributed by atoms with E-state index in [2.05, 4.69) is 19.2 Å².